The van der Waals surface area contributed by atoms with Crippen molar-refractivity contribution in [1.82, 2.24) is 10.2 Å². The van der Waals surface area contributed by atoms with Gasteiger partial charge in [0.05, 0.1) is 7.11 Å². The van der Waals surface area contributed by atoms with Gasteiger partial charge in [0.15, 0.2) is 5.96 Å². The van der Waals surface area contributed by atoms with Gasteiger partial charge in [-0.2, -0.15) is 11.8 Å². The first-order valence-electron chi connectivity index (χ1n) is 6.25. The summed E-state index contributed by atoms with van der Waals surface area (Å²) >= 11 is 1.82. The molecule has 0 spiro atoms. The van der Waals surface area contributed by atoms with Crippen LogP contribution in [0, 0.1) is 0 Å². The van der Waals surface area contributed by atoms with E-state index in [1.165, 1.54) is 5.56 Å². The normalized spacial score (nSPS) is 11.3. The zero-order valence-electron chi connectivity index (χ0n) is 12.1. The lowest BCUT2D eigenvalue weighted by Gasteiger charge is -2.22. The molecule has 0 aromatic heterocycles. The minimum Gasteiger partial charge on any atom is -0.497 e. The third-order valence-electron chi connectivity index (χ3n) is 2.74. The quantitative estimate of drug-likeness (QED) is 0.492. The molecule has 19 heavy (non-hydrogen) atoms. The van der Waals surface area contributed by atoms with Crippen molar-refractivity contribution < 1.29 is 4.74 Å². The average molecular weight is 281 g/mol. The van der Waals surface area contributed by atoms with Gasteiger partial charge in [0, 0.05) is 32.9 Å². The standard InChI is InChI=1S/C14H23N3OS/c1-15-14(16-9-10-19-4)17(2)11-12-5-7-13(18-3)8-6-12/h5-8H,9-11H2,1-4H3,(H,15,16). The van der Waals surface area contributed by atoms with Crippen molar-refractivity contribution >= 4 is 17.7 Å². The average Bonchev–Trinajstić information content (AvgIpc) is 2.44. The largest absolute Gasteiger partial charge is 0.497 e. The smallest absolute Gasteiger partial charge is 0.193 e. The maximum atomic E-state index is 5.16. The molecule has 106 valence electrons. The number of benzene rings is 1. The molecule has 0 saturated heterocycles. The van der Waals surface area contributed by atoms with E-state index in [0.717, 1.165) is 30.6 Å². The molecule has 0 heterocycles. The van der Waals surface area contributed by atoms with Crippen molar-refractivity contribution in [3.63, 3.8) is 0 Å². The first-order chi connectivity index (χ1) is 9.21. The lowest BCUT2D eigenvalue weighted by atomic mass is 10.2. The molecule has 1 aromatic carbocycles. The molecule has 0 aliphatic rings. The van der Waals surface area contributed by atoms with Crippen LogP contribution in [0.3, 0.4) is 0 Å². The molecule has 0 unspecified atom stereocenters. The van der Waals surface area contributed by atoms with Crippen molar-refractivity contribution in [2.75, 3.05) is 39.8 Å². The summed E-state index contributed by atoms with van der Waals surface area (Å²) in [4.78, 5) is 6.40. The lowest BCUT2D eigenvalue weighted by molar-refractivity contribution is 0.414. The SMILES string of the molecule is CN=C(NCCSC)N(C)Cc1ccc(OC)cc1. The third-order valence-corrected chi connectivity index (χ3v) is 3.35. The fourth-order valence-electron chi connectivity index (χ4n) is 1.73. The van der Waals surface area contributed by atoms with E-state index >= 15 is 0 Å². The van der Waals surface area contributed by atoms with E-state index in [-0.39, 0.29) is 0 Å². The van der Waals surface area contributed by atoms with Crippen molar-refractivity contribution in [2.24, 2.45) is 4.99 Å². The van der Waals surface area contributed by atoms with Crippen LogP contribution in [0.25, 0.3) is 0 Å². The lowest BCUT2D eigenvalue weighted by Crippen LogP contribution is -2.39. The molecule has 4 nitrogen and oxygen atoms in total. The van der Waals surface area contributed by atoms with Crippen LogP contribution >= 0.6 is 11.8 Å². The Labute approximate surface area is 120 Å². The molecule has 0 aliphatic carbocycles. The molecule has 0 radical (unpaired) electrons. The van der Waals surface area contributed by atoms with Gasteiger partial charge in [-0.1, -0.05) is 12.1 Å². The highest BCUT2D eigenvalue weighted by atomic mass is 32.2. The number of hydrogen-bond donors (Lipinski definition) is 1. The molecule has 0 saturated carbocycles. The highest BCUT2D eigenvalue weighted by Gasteiger charge is 2.06. The molecule has 0 bridgehead atoms. The van der Waals surface area contributed by atoms with Gasteiger partial charge in [-0.25, -0.2) is 0 Å². The van der Waals surface area contributed by atoms with E-state index in [9.17, 15) is 0 Å². The van der Waals surface area contributed by atoms with Crippen molar-refractivity contribution in [3.05, 3.63) is 29.8 Å². The fraction of sp³-hybridized carbons (Fsp3) is 0.500. The summed E-state index contributed by atoms with van der Waals surface area (Å²) < 4.78 is 5.16. The van der Waals surface area contributed by atoms with Crippen LogP contribution in [-0.4, -0.2) is 50.6 Å². The minimum absolute atomic E-state index is 0.822. The van der Waals surface area contributed by atoms with E-state index in [0.29, 0.717) is 0 Å². The van der Waals surface area contributed by atoms with Crippen LogP contribution in [-0.2, 0) is 6.54 Å². The Morgan fingerprint density at radius 1 is 1.37 bits per heavy atom. The summed E-state index contributed by atoms with van der Waals surface area (Å²) in [5.41, 5.74) is 1.23. The molecular weight excluding hydrogens is 258 g/mol. The summed E-state index contributed by atoms with van der Waals surface area (Å²) in [7, 11) is 5.53. The maximum absolute atomic E-state index is 5.16. The number of thioether (sulfide) groups is 1. The van der Waals surface area contributed by atoms with E-state index < -0.39 is 0 Å². The van der Waals surface area contributed by atoms with Crippen LogP contribution in [0.15, 0.2) is 29.3 Å². The van der Waals surface area contributed by atoms with Gasteiger partial charge >= 0.3 is 0 Å². The van der Waals surface area contributed by atoms with E-state index in [4.69, 9.17) is 4.74 Å². The Kier molecular flexibility index (Phi) is 7.18. The highest BCUT2D eigenvalue weighted by Crippen LogP contribution is 2.12. The number of rotatable bonds is 6. The second kappa shape index (κ2) is 8.69. The Morgan fingerprint density at radius 3 is 2.58 bits per heavy atom. The van der Waals surface area contributed by atoms with Gasteiger partial charge in [-0.05, 0) is 24.0 Å². The van der Waals surface area contributed by atoms with E-state index in [1.54, 1.807) is 7.11 Å². The van der Waals surface area contributed by atoms with Crippen molar-refractivity contribution in [3.8, 4) is 5.75 Å². The summed E-state index contributed by atoms with van der Waals surface area (Å²) in [6.45, 7) is 1.75. The number of aliphatic imine (C=N–C) groups is 1. The Balaban J connectivity index is 2.53. The van der Waals surface area contributed by atoms with Gasteiger partial charge in [-0.3, -0.25) is 4.99 Å². The second-order valence-electron chi connectivity index (χ2n) is 4.17. The van der Waals surface area contributed by atoms with Crippen LogP contribution in [0.4, 0.5) is 0 Å². The number of ether oxygens (including phenoxy) is 1. The molecule has 0 aliphatic heterocycles. The van der Waals surface area contributed by atoms with Crippen molar-refractivity contribution in [1.29, 1.82) is 0 Å². The summed E-state index contributed by atoms with van der Waals surface area (Å²) in [6, 6.07) is 8.11. The molecule has 5 heteroatoms. The predicted octanol–water partition coefficient (Wildman–Crippen LogP) is 2.07. The molecule has 0 fully saturated rings. The topological polar surface area (TPSA) is 36.9 Å². The van der Waals surface area contributed by atoms with Crippen molar-refractivity contribution in [2.45, 2.75) is 6.54 Å². The molecule has 1 aromatic rings. The monoisotopic (exact) mass is 281 g/mol. The summed E-state index contributed by atoms with van der Waals surface area (Å²) in [5.74, 6) is 2.88. The Bertz CT molecular complexity index is 392. The number of nitrogens with zero attached hydrogens (tertiary/aromatic N) is 2. The Hall–Kier alpha value is -1.36. The zero-order valence-corrected chi connectivity index (χ0v) is 13.0. The zero-order chi connectivity index (χ0) is 14.1. The molecule has 0 atom stereocenters. The van der Waals surface area contributed by atoms with Gasteiger partial charge in [-0.15, -0.1) is 0 Å². The number of methoxy groups -OCH3 is 1. The van der Waals surface area contributed by atoms with Crippen LogP contribution in [0.5, 0.6) is 5.75 Å². The van der Waals surface area contributed by atoms with Crippen LogP contribution in [0.1, 0.15) is 5.56 Å². The first kappa shape index (κ1) is 15.7. The molecule has 0 amide bonds. The summed E-state index contributed by atoms with van der Waals surface area (Å²) in [6.07, 6.45) is 2.10. The van der Waals surface area contributed by atoms with E-state index in [1.807, 2.05) is 38.0 Å². The third kappa shape index (κ3) is 5.42. The molecule has 1 rings (SSSR count). The highest BCUT2D eigenvalue weighted by molar-refractivity contribution is 7.98. The summed E-state index contributed by atoms with van der Waals surface area (Å²) in [5, 5.41) is 3.34. The molecular formula is C14H23N3OS. The number of guanidine groups is 1. The Morgan fingerprint density at radius 2 is 2.05 bits per heavy atom. The number of nitrogens with one attached hydrogen (secondary N) is 1. The van der Waals surface area contributed by atoms with E-state index in [2.05, 4.69) is 33.6 Å². The van der Waals surface area contributed by atoms with Gasteiger partial charge in [0.1, 0.15) is 5.75 Å². The fourth-order valence-corrected chi connectivity index (χ4v) is 2.04. The number of hydrogen-bond acceptors (Lipinski definition) is 3. The van der Waals surface area contributed by atoms with Crippen LogP contribution in [0.2, 0.25) is 0 Å². The first-order valence-corrected chi connectivity index (χ1v) is 7.64. The van der Waals surface area contributed by atoms with Gasteiger partial charge in [0.2, 0.25) is 0 Å². The second-order valence-corrected chi connectivity index (χ2v) is 5.16. The van der Waals surface area contributed by atoms with Gasteiger partial charge < -0.3 is 15.0 Å². The minimum atomic E-state index is 0.822. The van der Waals surface area contributed by atoms with Crippen LogP contribution < -0.4 is 10.1 Å². The van der Waals surface area contributed by atoms with Gasteiger partial charge in [0.25, 0.3) is 0 Å². The predicted molar refractivity (Wildman–Crippen MR) is 84.2 cm³/mol. The molecule has 1 N–H and O–H groups in total. The maximum Gasteiger partial charge on any atom is 0.193 e.